The van der Waals surface area contributed by atoms with Gasteiger partial charge in [-0.1, -0.05) is 18.2 Å². The molecule has 2 aromatic heterocycles. The molecule has 5 nitrogen and oxygen atoms in total. The van der Waals surface area contributed by atoms with E-state index in [0.717, 1.165) is 54.6 Å². The number of fused-ring (bicyclic) bond motifs is 1. The van der Waals surface area contributed by atoms with Gasteiger partial charge in [0.2, 0.25) is 0 Å². The van der Waals surface area contributed by atoms with Gasteiger partial charge in [-0.2, -0.15) is 4.98 Å². The molecule has 1 fully saturated rings. The van der Waals surface area contributed by atoms with Crippen molar-refractivity contribution in [3.05, 3.63) is 48.2 Å². The third kappa shape index (κ3) is 2.99. The van der Waals surface area contributed by atoms with E-state index in [0.29, 0.717) is 6.04 Å². The number of para-hydroxylation sites is 2. The Hall–Kier alpha value is -2.56. The van der Waals surface area contributed by atoms with Gasteiger partial charge >= 0.3 is 0 Å². The fourth-order valence-corrected chi connectivity index (χ4v) is 3.04. The molecular formula is C18H20N4O. The van der Waals surface area contributed by atoms with E-state index in [9.17, 15) is 0 Å². The standard InChI is InChI=1S/C18H20N4O/c1-13-5-4-8-17(19-13)20-14-9-11-22(12-10-14)18-21-15-6-2-3-7-16(15)23-18/h2-8,14H,9-12H2,1H3,(H,19,20). The maximum Gasteiger partial charge on any atom is 0.298 e. The van der Waals surface area contributed by atoms with Crippen molar-refractivity contribution >= 4 is 22.9 Å². The van der Waals surface area contributed by atoms with Gasteiger partial charge in [0.25, 0.3) is 6.01 Å². The highest BCUT2D eigenvalue weighted by atomic mass is 16.4. The molecule has 118 valence electrons. The predicted molar refractivity (Wildman–Crippen MR) is 91.8 cm³/mol. The van der Waals surface area contributed by atoms with Gasteiger partial charge in [-0.3, -0.25) is 0 Å². The second kappa shape index (κ2) is 5.91. The number of pyridine rings is 1. The lowest BCUT2D eigenvalue weighted by atomic mass is 10.1. The highest BCUT2D eigenvalue weighted by molar-refractivity contribution is 5.74. The van der Waals surface area contributed by atoms with Crippen LogP contribution in [0, 0.1) is 6.92 Å². The Bertz CT molecular complexity index is 772. The van der Waals surface area contributed by atoms with Crippen molar-refractivity contribution in [2.75, 3.05) is 23.3 Å². The third-order valence-electron chi connectivity index (χ3n) is 4.29. The van der Waals surface area contributed by atoms with Crippen molar-refractivity contribution in [3.63, 3.8) is 0 Å². The molecule has 0 unspecified atom stereocenters. The van der Waals surface area contributed by atoms with Crippen molar-refractivity contribution in [1.29, 1.82) is 0 Å². The summed E-state index contributed by atoms with van der Waals surface area (Å²) in [5.74, 6) is 0.963. The summed E-state index contributed by atoms with van der Waals surface area (Å²) in [6.07, 6.45) is 2.10. The lowest BCUT2D eigenvalue weighted by Gasteiger charge is -2.31. The second-order valence-electron chi connectivity index (χ2n) is 6.03. The average molecular weight is 308 g/mol. The predicted octanol–water partition coefficient (Wildman–Crippen LogP) is 3.61. The summed E-state index contributed by atoms with van der Waals surface area (Å²) in [7, 11) is 0. The highest BCUT2D eigenvalue weighted by Crippen LogP contribution is 2.25. The van der Waals surface area contributed by atoms with Crippen LogP contribution in [0.3, 0.4) is 0 Å². The first-order valence-electron chi connectivity index (χ1n) is 8.09. The summed E-state index contributed by atoms with van der Waals surface area (Å²) in [4.78, 5) is 11.3. The van der Waals surface area contributed by atoms with E-state index in [1.807, 2.05) is 49.4 Å². The molecule has 0 spiro atoms. The number of aryl methyl sites for hydroxylation is 1. The number of hydrogen-bond donors (Lipinski definition) is 1. The Labute approximate surface area is 135 Å². The van der Waals surface area contributed by atoms with Crippen LogP contribution >= 0.6 is 0 Å². The van der Waals surface area contributed by atoms with Crippen molar-refractivity contribution in [2.45, 2.75) is 25.8 Å². The van der Waals surface area contributed by atoms with E-state index in [2.05, 4.69) is 20.2 Å². The summed E-state index contributed by atoms with van der Waals surface area (Å²) < 4.78 is 5.86. The molecule has 3 aromatic rings. The number of benzene rings is 1. The number of oxazole rings is 1. The Balaban J connectivity index is 1.40. The van der Waals surface area contributed by atoms with E-state index in [1.165, 1.54) is 0 Å². The van der Waals surface area contributed by atoms with Crippen molar-refractivity contribution in [3.8, 4) is 0 Å². The number of rotatable bonds is 3. The summed E-state index contributed by atoms with van der Waals surface area (Å²) in [5.41, 5.74) is 2.82. The van der Waals surface area contributed by atoms with Crippen molar-refractivity contribution in [1.82, 2.24) is 9.97 Å². The lowest BCUT2D eigenvalue weighted by molar-refractivity contribution is 0.481. The number of piperidine rings is 1. The third-order valence-corrected chi connectivity index (χ3v) is 4.29. The van der Waals surface area contributed by atoms with Gasteiger partial charge in [-0.15, -0.1) is 0 Å². The van der Waals surface area contributed by atoms with E-state index >= 15 is 0 Å². The largest absolute Gasteiger partial charge is 0.423 e. The Morgan fingerprint density at radius 2 is 1.87 bits per heavy atom. The van der Waals surface area contributed by atoms with Crippen LogP contribution in [0.2, 0.25) is 0 Å². The molecule has 1 aliphatic rings. The molecule has 1 N–H and O–H groups in total. The van der Waals surface area contributed by atoms with E-state index in [1.54, 1.807) is 0 Å². The molecule has 0 bridgehead atoms. The number of aromatic nitrogens is 2. The first-order valence-corrected chi connectivity index (χ1v) is 8.09. The van der Waals surface area contributed by atoms with Crippen LogP contribution in [0.5, 0.6) is 0 Å². The zero-order valence-electron chi connectivity index (χ0n) is 13.2. The summed E-state index contributed by atoms with van der Waals surface area (Å²) >= 11 is 0. The van der Waals surface area contributed by atoms with Gasteiger partial charge in [0, 0.05) is 24.8 Å². The van der Waals surface area contributed by atoms with Crippen molar-refractivity contribution in [2.24, 2.45) is 0 Å². The van der Waals surface area contributed by atoms with Crippen LogP contribution in [0.25, 0.3) is 11.1 Å². The van der Waals surface area contributed by atoms with E-state index in [4.69, 9.17) is 4.42 Å². The summed E-state index contributed by atoms with van der Waals surface area (Å²) in [5, 5.41) is 3.53. The SMILES string of the molecule is Cc1cccc(NC2CCN(c3nc4ccccc4o3)CC2)n1. The zero-order valence-corrected chi connectivity index (χ0v) is 13.2. The fraction of sp³-hybridized carbons (Fsp3) is 0.333. The minimum Gasteiger partial charge on any atom is -0.423 e. The minimum absolute atomic E-state index is 0.449. The summed E-state index contributed by atoms with van der Waals surface area (Å²) in [6.45, 7) is 3.90. The molecular weight excluding hydrogens is 288 g/mol. The van der Waals surface area contributed by atoms with Crippen molar-refractivity contribution < 1.29 is 4.42 Å². The van der Waals surface area contributed by atoms with Crippen LogP contribution in [0.4, 0.5) is 11.8 Å². The van der Waals surface area contributed by atoms with E-state index in [-0.39, 0.29) is 0 Å². The number of nitrogens with one attached hydrogen (secondary N) is 1. The lowest BCUT2D eigenvalue weighted by Crippen LogP contribution is -2.39. The maximum absolute atomic E-state index is 5.86. The molecule has 0 radical (unpaired) electrons. The molecule has 23 heavy (non-hydrogen) atoms. The van der Waals surface area contributed by atoms with Crippen LogP contribution in [-0.4, -0.2) is 29.1 Å². The molecule has 0 amide bonds. The van der Waals surface area contributed by atoms with Gasteiger partial charge in [-0.25, -0.2) is 4.98 Å². The van der Waals surface area contributed by atoms with Gasteiger partial charge in [0.15, 0.2) is 5.58 Å². The topological polar surface area (TPSA) is 54.2 Å². The molecule has 4 rings (SSSR count). The fourth-order valence-electron chi connectivity index (χ4n) is 3.04. The molecule has 1 aliphatic heterocycles. The van der Waals surface area contributed by atoms with Gasteiger partial charge in [0.1, 0.15) is 11.3 Å². The van der Waals surface area contributed by atoms with Crippen LogP contribution in [0.15, 0.2) is 46.9 Å². The van der Waals surface area contributed by atoms with E-state index < -0.39 is 0 Å². The number of nitrogens with zero attached hydrogens (tertiary/aromatic N) is 3. The quantitative estimate of drug-likeness (QED) is 0.801. The summed E-state index contributed by atoms with van der Waals surface area (Å²) in [6, 6.07) is 15.2. The average Bonchev–Trinajstić information content (AvgIpc) is 2.99. The monoisotopic (exact) mass is 308 g/mol. The molecule has 0 saturated carbocycles. The Morgan fingerprint density at radius 3 is 2.65 bits per heavy atom. The van der Waals surface area contributed by atoms with Crippen LogP contribution in [0.1, 0.15) is 18.5 Å². The van der Waals surface area contributed by atoms with Crippen LogP contribution < -0.4 is 10.2 Å². The van der Waals surface area contributed by atoms with Gasteiger partial charge in [-0.05, 0) is 44.0 Å². The smallest absolute Gasteiger partial charge is 0.298 e. The van der Waals surface area contributed by atoms with Crippen LogP contribution in [-0.2, 0) is 0 Å². The van der Waals surface area contributed by atoms with Gasteiger partial charge in [0.05, 0.1) is 0 Å². The van der Waals surface area contributed by atoms with Gasteiger partial charge < -0.3 is 14.6 Å². The Morgan fingerprint density at radius 1 is 1.04 bits per heavy atom. The molecule has 1 aromatic carbocycles. The number of hydrogen-bond acceptors (Lipinski definition) is 5. The first kappa shape index (κ1) is 14.1. The molecule has 3 heterocycles. The Kier molecular flexibility index (Phi) is 3.61. The molecule has 1 saturated heterocycles. The highest BCUT2D eigenvalue weighted by Gasteiger charge is 2.22. The normalized spacial score (nSPS) is 16.0. The second-order valence-corrected chi connectivity index (χ2v) is 6.03. The maximum atomic E-state index is 5.86. The minimum atomic E-state index is 0.449. The zero-order chi connectivity index (χ0) is 15.6. The molecule has 0 atom stereocenters. The molecule has 5 heteroatoms. The molecule has 0 aliphatic carbocycles. The first-order chi connectivity index (χ1) is 11.3. The number of anilines is 2.